The van der Waals surface area contributed by atoms with Crippen LogP contribution >= 0.6 is 36.2 Å². The Labute approximate surface area is 571 Å². The number of aromatic amines is 1. The number of pyridine rings is 7. The maximum atomic E-state index is 11.4. The lowest BCUT2D eigenvalue weighted by Crippen LogP contribution is -2.45. The molecule has 40 heteroatoms. The minimum Gasteiger partial charge on any atom is -0.364 e. The molecular weight excluding hydrogens is 1360 g/mol. The van der Waals surface area contributed by atoms with Crippen molar-refractivity contribution >= 4 is 91.1 Å². The molecule has 502 valence electrons. The van der Waals surface area contributed by atoms with Crippen molar-refractivity contribution in [3.63, 3.8) is 0 Å². The van der Waals surface area contributed by atoms with Gasteiger partial charge in [-0.1, -0.05) is 11.8 Å². The summed E-state index contributed by atoms with van der Waals surface area (Å²) in [5, 5.41) is 33.9. The fraction of sp³-hybridized carbons (Fsp3) is 0.161. The first-order chi connectivity index (χ1) is 45.9. The van der Waals surface area contributed by atoms with Crippen molar-refractivity contribution in [1.29, 1.82) is 0 Å². The monoisotopic (exact) mass is 1420 g/mol. The molecule has 10 N–H and O–H groups in total. The van der Waals surface area contributed by atoms with Crippen LogP contribution in [0.5, 0.6) is 0 Å². The fourth-order valence-corrected chi connectivity index (χ4v) is 9.26. The Morgan fingerprint density at radius 1 is 0.500 bits per heavy atom. The van der Waals surface area contributed by atoms with Gasteiger partial charge in [-0.25, -0.2) is 32.9 Å². The molecule has 0 atom stereocenters. The lowest BCUT2D eigenvalue weighted by molar-refractivity contribution is 0.0938. The van der Waals surface area contributed by atoms with E-state index in [9.17, 15) is 31.2 Å². The van der Waals surface area contributed by atoms with Crippen LogP contribution in [-0.4, -0.2) is 166 Å². The van der Waals surface area contributed by atoms with Gasteiger partial charge in [0.25, 0.3) is 17.7 Å². The molecule has 0 aliphatic heterocycles. The second kappa shape index (κ2) is 40.3. The molecule has 11 heterocycles. The summed E-state index contributed by atoms with van der Waals surface area (Å²) in [5.74, 6) is 11.6. The molecule has 0 aliphatic rings. The topological polar surface area (TPSA) is 460 Å². The van der Waals surface area contributed by atoms with Gasteiger partial charge in [-0.3, -0.25) is 76.1 Å². The van der Waals surface area contributed by atoms with Crippen LogP contribution in [0, 0.1) is 4.77 Å². The highest BCUT2D eigenvalue weighted by Crippen LogP contribution is 2.21. The summed E-state index contributed by atoms with van der Waals surface area (Å²) in [7, 11) is 3.59. The number of rotatable bonds is 10. The highest BCUT2D eigenvalue weighted by Gasteiger charge is 2.20. The molecule has 96 heavy (non-hydrogen) atoms. The van der Waals surface area contributed by atoms with Crippen molar-refractivity contribution in [2.24, 2.45) is 44.2 Å². The SMILES string of the molecule is CN=S.CNC(=S)NNC(=O)c1ccncc1.CSc1nnc(-c2ccncc2)n1C.Cn1c(-c2cccnc2)nnc1S(C)(=O)=O.Cn1c(-c2ccncc2)n[nH]c1=S.Cn1c(-c2ccncc2)nnc1S(C)(=O)=O.NNC(=O)c1cccnc1.NNC(=O)c1ccncc1. The number of amides is 3. The summed E-state index contributed by atoms with van der Waals surface area (Å²) in [6.07, 6.45) is 26.8. The normalized spacial score (nSPS) is 10.1. The molecule has 0 spiro atoms. The van der Waals surface area contributed by atoms with Gasteiger partial charge in [0.2, 0.25) is 30.0 Å². The summed E-state index contributed by atoms with van der Waals surface area (Å²) < 4.78 is 55.8. The number of sulfone groups is 2. The number of hydrazine groups is 3. The third-order valence-electron chi connectivity index (χ3n) is 11.6. The fourth-order valence-electron chi connectivity index (χ4n) is 7.04. The van der Waals surface area contributed by atoms with E-state index in [0.29, 0.717) is 38.2 Å². The number of thiocarbonyl (C=S) groups is 1. The number of nitrogens with one attached hydrogen (secondary N) is 6. The van der Waals surface area contributed by atoms with Crippen molar-refractivity contribution in [3.8, 4) is 45.6 Å². The van der Waals surface area contributed by atoms with Crippen LogP contribution in [0.4, 0.5) is 0 Å². The van der Waals surface area contributed by atoms with E-state index in [2.05, 4.69) is 109 Å². The van der Waals surface area contributed by atoms with E-state index in [1.165, 1.54) is 27.7 Å². The van der Waals surface area contributed by atoms with E-state index in [-0.39, 0.29) is 28.0 Å². The first-order valence-corrected chi connectivity index (χ1v) is 33.2. The molecule has 0 unspecified atom stereocenters. The van der Waals surface area contributed by atoms with E-state index >= 15 is 0 Å². The Morgan fingerprint density at radius 3 is 1.24 bits per heavy atom. The number of aromatic nitrogens is 19. The summed E-state index contributed by atoms with van der Waals surface area (Å²) in [5.41, 5.74) is 14.0. The lowest BCUT2D eigenvalue weighted by Gasteiger charge is -2.08. The number of hydrogen-bond acceptors (Lipinski definition) is 28. The first-order valence-electron chi connectivity index (χ1n) is 27.0. The van der Waals surface area contributed by atoms with Crippen molar-refractivity contribution in [2.45, 2.75) is 15.5 Å². The van der Waals surface area contributed by atoms with Crippen LogP contribution in [0.15, 0.2) is 192 Å². The van der Waals surface area contributed by atoms with E-state index in [1.807, 2.05) is 64.6 Å². The third-order valence-corrected chi connectivity index (χ3v) is 15.0. The van der Waals surface area contributed by atoms with E-state index in [4.69, 9.17) is 36.1 Å². The van der Waals surface area contributed by atoms with Gasteiger partial charge in [-0.05, 0) is 116 Å². The molecule has 0 saturated carbocycles. The molecule has 11 aromatic heterocycles. The smallest absolute Gasteiger partial charge is 0.269 e. The average molecular weight is 1420 g/mol. The molecule has 0 radical (unpaired) electrons. The summed E-state index contributed by atoms with van der Waals surface area (Å²) in [6, 6.07) is 24.4. The first kappa shape index (κ1) is 77.6. The quantitative estimate of drug-likeness (QED) is 0.0320. The van der Waals surface area contributed by atoms with Crippen molar-refractivity contribution < 1.29 is 31.2 Å². The van der Waals surface area contributed by atoms with Crippen LogP contribution in [0.25, 0.3) is 45.6 Å². The number of nitrogens with zero attached hydrogens (tertiary/aromatic N) is 19. The Hall–Kier alpha value is -10.9. The van der Waals surface area contributed by atoms with Crippen LogP contribution in [0.2, 0.25) is 0 Å². The van der Waals surface area contributed by atoms with Crippen LogP contribution in [0.3, 0.4) is 0 Å². The molecular formula is C56H65N27O7S6. The van der Waals surface area contributed by atoms with E-state index < -0.39 is 19.7 Å². The van der Waals surface area contributed by atoms with Gasteiger partial charge in [0.1, 0.15) is 0 Å². The summed E-state index contributed by atoms with van der Waals surface area (Å²) in [4.78, 5) is 59.9. The number of thioether (sulfide) groups is 1. The highest BCUT2D eigenvalue weighted by atomic mass is 32.2. The summed E-state index contributed by atoms with van der Waals surface area (Å²) >= 11 is 15.4. The van der Waals surface area contributed by atoms with Gasteiger partial charge in [0.15, 0.2) is 38.3 Å². The number of hydrogen-bond donors (Lipinski definition) is 8. The lowest BCUT2D eigenvalue weighted by atomic mass is 10.2. The predicted molar refractivity (Wildman–Crippen MR) is 366 cm³/mol. The number of carbonyl (C=O) groups is 3. The second-order valence-electron chi connectivity index (χ2n) is 18.2. The van der Waals surface area contributed by atoms with Gasteiger partial charge in [-0.2, -0.15) is 5.10 Å². The number of H-pyrrole nitrogens is 1. The molecule has 0 bridgehead atoms. The molecule has 11 rings (SSSR count). The maximum absolute atomic E-state index is 11.4. The Balaban J connectivity index is 0.000000238. The average Bonchev–Trinajstić information content (AvgIpc) is 1.77. The molecule has 0 aromatic carbocycles. The Bertz CT molecular complexity index is 4320. The molecule has 11 aromatic rings. The molecule has 0 fully saturated rings. The third kappa shape index (κ3) is 24.9. The number of nitrogens with two attached hydrogens (primary N) is 2. The van der Waals surface area contributed by atoms with Gasteiger partial charge in [0, 0.05) is 187 Å². The predicted octanol–water partition coefficient (Wildman–Crippen LogP) is 3.24. The second-order valence-corrected chi connectivity index (χ2v) is 24.0. The zero-order chi connectivity index (χ0) is 70.6. The van der Waals surface area contributed by atoms with E-state index in [0.717, 1.165) is 51.6 Å². The highest BCUT2D eigenvalue weighted by molar-refractivity contribution is 7.98. The minimum absolute atomic E-state index is 0.0423. The summed E-state index contributed by atoms with van der Waals surface area (Å²) in [6.45, 7) is 0. The van der Waals surface area contributed by atoms with Crippen molar-refractivity contribution in [3.05, 3.63) is 193 Å². The molecule has 3 amide bonds. The van der Waals surface area contributed by atoms with Crippen LogP contribution in [0.1, 0.15) is 31.1 Å². The van der Waals surface area contributed by atoms with Crippen molar-refractivity contribution in [1.82, 2.24) is 121 Å². The number of nitrogen functional groups attached to an aromatic ring is 2. The van der Waals surface area contributed by atoms with Crippen LogP contribution < -0.4 is 38.7 Å². The van der Waals surface area contributed by atoms with Gasteiger partial charge >= 0.3 is 0 Å². The van der Waals surface area contributed by atoms with E-state index in [1.54, 1.807) is 169 Å². The Kier molecular flexibility index (Phi) is 32.5. The molecule has 0 aliphatic carbocycles. The largest absolute Gasteiger partial charge is 0.364 e. The zero-order valence-corrected chi connectivity index (χ0v) is 57.5. The van der Waals surface area contributed by atoms with Gasteiger partial charge in [0.05, 0.1) is 5.56 Å². The minimum atomic E-state index is -3.35. The molecule has 34 nitrogen and oxygen atoms in total. The van der Waals surface area contributed by atoms with Gasteiger partial charge < -0.3 is 23.6 Å². The van der Waals surface area contributed by atoms with Gasteiger partial charge in [-0.15, -0.1) is 30.6 Å². The van der Waals surface area contributed by atoms with Crippen molar-refractivity contribution in [2.75, 3.05) is 32.9 Å². The van der Waals surface area contributed by atoms with Crippen LogP contribution in [-0.2, 0) is 60.3 Å². The maximum Gasteiger partial charge on any atom is 0.269 e. The zero-order valence-electron chi connectivity index (χ0n) is 52.6. The molecule has 0 saturated heterocycles. The Morgan fingerprint density at radius 2 is 0.885 bits per heavy atom. The number of carbonyl (C=O) groups excluding carboxylic acids is 3. The standard InChI is InChI=1S/2C9H10N4O2S.C9H10N4S.C8H10N4OS.C8H8N4S.2C6H7N3O.CH3NS/c1-13-8(7-3-5-10-6-4-7)11-12-9(13)16(2,14)15;1-13-8(7-4-3-5-10-6-7)11-12-9(13)16(2,14)15;1-13-8(11-12-9(13)14-2)7-3-5-10-6-4-7;1-9-8(14)12-11-7(13)6-2-4-10-5-3-6;1-12-7(10-11-8(12)13)6-2-4-9-5-3-6;7-9-6(10)5-1-3-8-4-2-5;7-9-6(10)5-2-1-3-8-4-5;1-2-3/h2*3-6H,1-2H3;3-6H,1-2H3;2-5H,1H3,(H,11,13)(H2,9,12,14);2-5H,1H3,(H,11,13);2*1-4H,7H2,(H,9,10);1H3.